The van der Waals surface area contributed by atoms with E-state index in [1.54, 1.807) is 13.0 Å². The Kier molecular flexibility index (Phi) is 6.89. The number of rotatable bonds is 8. The van der Waals surface area contributed by atoms with E-state index in [2.05, 4.69) is 17.2 Å². The van der Waals surface area contributed by atoms with Gasteiger partial charge in [-0.25, -0.2) is 0 Å². The van der Waals surface area contributed by atoms with Crippen LogP contribution in [0.15, 0.2) is 12.7 Å². The Balaban J connectivity index is 2.04. The molecule has 1 aliphatic rings. The minimum atomic E-state index is -0.364. The van der Waals surface area contributed by atoms with Crippen LogP contribution in [0.25, 0.3) is 0 Å². The molecular formula is C13H24N2O2. The average molecular weight is 240 g/mol. The van der Waals surface area contributed by atoms with Crippen molar-refractivity contribution in [1.82, 2.24) is 10.6 Å². The topological polar surface area (TPSA) is 50.4 Å². The Hall–Kier alpha value is -0.870. The van der Waals surface area contributed by atoms with Crippen LogP contribution >= 0.6 is 0 Å². The number of hydrogen-bond donors (Lipinski definition) is 2. The van der Waals surface area contributed by atoms with Gasteiger partial charge < -0.3 is 15.4 Å². The summed E-state index contributed by atoms with van der Waals surface area (Å²) < 4.78 is 5.37. The summed E-state index contributed by atoms with van der Waals surface area (Å²) >= 11 is 0. The number of nitrogens with one attached hydrogen (secondary N) is 2. The third kappa shape index (κ3) is 5.84. The lowest BCUT2D eigenvalue weighted by Crippen LogP contribution is -2.35. The molecule has 2 N–H and O–H groups in total. The van der Waals surface area contributed by atoms with Crippen LogP contribution in [0.5, 0.6) is 0 Å². The summed E-state index contributed by atoms with van der Waals surface area (Å²) in [6.07, 6.45) is 4.49. The van der Waals surface area contributed by atoms with E-state index in [-0.39, 0.29) is 12.0 Å². The van der Waals surface area contributed by atoms with Crippen LogP contribution in [-0.2, 0) is 9.53 Å². The SMILES string of the molecule is C=CCCOC(C)C(=O)NCCC1CCNC1. The van der Waals surface area contributed by atoms with Crippen LogP contribution in [0, 0.1) is 5.92 Å². The number of carbonyl (C=O) groups is 1. The fourth-order valence-corrected chi connectivity index (χ4v) is 1.91. The van der Waals surface area contributed by atoms with E-state index in [9.17, 15) is 4.79 Å². The second kappa shape index (κ2) is 8.25. The molecule has 17 heavy (non-hydrogen) atoms. The minimum Gasteiger partial charge on any atom is -0.368 e. The van der Waals surface area contributed by atoms with Crippen molar-refractivity contribution in [2.75, 3.05) is 26.2 Å². The molecule has 4 nitrogen and oxygen atoms in total. The maximum atomic E-state index is 11.6. The van der Waals surface area contributed by atoms with E-state index in [1.165, 1.54) is 6.42 Å². The molecule has 0 aromatic carbocycles. The van der Waals surface area contributed by atoms with Gasteiger partial charge in [0.05, 0.1) is 6.61 Å². The van der Waals surface area contributed by atoms with E-state index in [0.717, 1.165) is 32.5 Å². The van der Waals surface area contributed by atoms with E-state index in [0.29, 0.717) is 12.5 Å². The average Bonchev–Trinajstić information content (AvgIpc) is 2.82. The predicted octanol–water partition coefficient (Wildman–Crippen LogP) is 1.08. The van der Waals surface area contributed by atoms with Gasteiger partial charge in [-0.1, -0.05) is 6.08 Å². The van der Waals surface area contributed by atoms with Gasteiger partial charge in [-0.3, -0.25) is 4.79 Å². The molecule has 1 amide bonds. The van der Waals surface area contributed by atoms with Gasteiger partial charge >= 0.3 is 0 Å². The third-order valence-corrected chi connectivity index (χ3v) is 3.07. The molecule has 1 rings (SSSR count). The number of hydrogen-bond acceptors (Lipinski definition) is 3. The fraction of sp³-hybridized carbons (Fsp3) is 0.769. The zero-order chi connectivity index (χ0) is 12.5. The van der Waals surface area contributed by atoms with Gasteiger partial charge in [0.2, 0.25) is 5.91 Å². The lowest BCUT2D eigenvalue weighted by molar-refractivity contribution is -0.131. The largest absolute Gasteiger partial charge is 0.368 e. The molecule has 1 saturated heterocycles. The fourth-order valence-electron chi connectivity index (χ4n) is 1.91. The molecule has 0 radical (unpaired) electrons. The molecule has 0 aromatic heterocycles. The van der Waals surface area contributed by atoms with Crippen LogP contribution < -0.4 is 10.6 Å². The molecular weight excluding hydrogens is 216 g/mol. The normalized spacial score (nSPS) is 21.1. The highest BCUT2D eigenvalue weighted by Gasteiger charge is 2.16. The molecule has 1 aliphatic heterocycles. The molecule has 98 valence electrons. The second-order valence-corrected chi connectivity index (χ2v) is 4.53. The molecule has 0 aromatic rings. The zero-order valence-electron chi connectivity index (χ0n) is 10.7. The van der Waals surface area contributed by atoms with E-state index in [4.69, 9.17) is 4.74 Å². The first kappa shape index (κ1) is 14.2. The Morgan fingerprint density at radius 2 is 2.53 bits per heavy atom. The first-order valence-electron chi connectivity index (χ1n) is 6.45. The highest BCUT2D eigenvalue weighted by atomic mass is 16.5. The summed E-state index contributed by atoms with van der Waals surface area (Å²) in [5.41, 5.74) is 0. The van der Waals surface area contributed by atoms with E-state index >= 15 is 0 Å². The molecule has 0 saturated carbocycles. The van der Waals surface area contributed by atoms with Crippen molar-refractivity contribution in [1.29, 1.82) is 0 Å². The Labute approximate surface area is 104 Å². The van der Waals surface area contributed by atoms with Crippen LogP contribution in [0.2, 0.25) is 0 Å². The van der Waals surface area contributed by atoms with Crippen molar-refractivity contribution in [3.63, 3.8) is 0 Å². The quantitative estimate of drug-likeness (QED) is 0.493. The molecule has 2 atom stereocenters. The van der Waals surface area contributed by atoms with Crippen molar-refractivity contribution < 1.29 is 9.53 Å². The van der Waals surface area contributed by atoms with Gasteiger partial charge in [-0.15, -0.1) is 6.58 Å². The Morgan fingerprint density at radius 3 is 3.18 bits per heavy atom. The first-order valence-corrected chi connectivity index (χ1v) is 6.45. The van der Waals surface area contributed by atoms with Crippen LogP contribution in [-0.4, -0.2) is 38.3 Å². The highest BCUT2D eigenvalue weighted by molar-refractivity contribution is 5.80. The molecule has 1 heterocycles. The maximum absolute atomic E-state index is 11.6. The van der Waals surface area contributed by atoms with Gasteiger partial charge in [0.15, 0.2) is 0 Å². The second-order valence-electron chi connectivity index (χ2n) is 4.53. The van der Waals surface area contributed by atoms with Crippen molar-refractivity contribution in [3.8, 4) is 0 Å². The molecule has 0 bridgehead atoms. The lowest BCUT2D eigenvalue weighted by atomic mass is 10.1. The van der Waals surface area contributed by atoms with Gasteiger partial charge in [0, 0.05) is 6.54 Å². The molecule has 0 spiro atoms. The van der Waals surface area contributed by atoms with Crippen LogP contribution in [0.4, 0.5) is 0 Å². The summed E-state index contributed by atoms with van der Waals surface area (Å²) in [6, 6.07) is 0. The number of amides is 1. The van der Waals surface area contributed by atoms with Crippen LogP contribution in [0.3, 0.4) is 0 Å². The van der Waals surface area contributed by atoms with Crippen LogP contribution in [0.1, 0.15) is 26.2 Å². The molecule has 4 heteroatoms. The summed E-state index contributed by atoms with van der Waals surface area (Å²) in [4.78, 5) is 11.6. The smallest absolute Gasteiger partial charge is 0.248 e. The zero-order valence-corrected chi connectivity index (χ0v) is 10.7. The predicted molar refractivity (Wildman–Crippen MR) is 68.8 cm³/mol. The lowest BCUT2D eigenvalue weighted by Gasteiger charge is -2.14. The molecule has 0 aliphatic carbocycles. The van der Waals surface area contributed by atoms with Crippen molar-refractivity contribution in [3.05, 3.63) is 12.7 Å². The third-order valence-electron chi connectivity index (χ3n) is 3.07. The Bertz CT molecular complexity index is 238. The maximum Gasteiger partial charge on any atom is 0.248 e. The number of carbonyl (C=O) groups excluding carboxylic acids is 1. The standard InChI is InChI=1S/C13H24N2O2/c1-3-4-9-17-11(2)13(16)15-8-6-12-5-7-14-10-12/h3,11-12,14H,1,4-10H2,2H3,(H,15,16). The minimum absolute atomic E-state index is 0.0139. The molecule has 1 fully saturated rings. The molecule has 2 unspecified atom stereocenters. The Morgan fingerprint density at radius 1 is 1.71 bits per heavy atom. The summed E-state index contributed by atoms with van der Waals surface area (Å²) in [7, 11) is 0. The van der Waals surface area contributed by atoms with E-state index in [1.807, 2.05) is 0 Å². The van der Waals surface area contributed by atoms with Gasteiger partial charge in [-0.2, -0.15) is 0 Å². The van der Waals surface area contributed by atoms with Gasteiger partial charge in [0.25, 0.3) is 0 Å². The van der Waals surface area contributed by atoms with Crippen molar-refractivity contribution in [2.45, 2.75) is 32.3 Å². The summed E-state index contributed by atoms with van der Waals surface area (Å²) in [6.45, 7) is 8.90. The van der Waals surface area contributed by atoms with E-state index < -0.39 is 0 Å². The van der Waals surface area contributed by atoms with Gasteiger partial charge in [0.1, 0.15) is 6.10 Å². The monoisotopic (exact) mass is 240 g/mol. The first-order chi connectivity index (χ1) is 8.24. The number of ether oxygens (including phenoxy) is 1. The van der Waals surface area contributed by atoms with Crippen molar-refractivity contribution in [2.24, 2.45) is 5.92 Å². The summed E-state index contributed by atoms with van der Waals surface area (Å²) in [5, 5.41) is 6.24. The highest BCUT2D eigenvalue weighted by Crippen LogP contribution is 2.10. The van der Waals surface area contributed by atoms with Crippen molar-refractivity contribution >= 4 is 5.91 Å². The summed E-state index contributed by atoms with van der Waals surface area (Å²) in [5.74, 6) is 0.701. The van der Waals surface area contributed by atoms with Gasteiger partial charge in [-0.05, 0) is 45.2 Å².